The van der Waals surface area contributed by atoms with E-state index in [1.54, 1.807) is 12.4 Å². The second-order valence-corrected chi connectivity index (χ2v) is 8.63. The number of allylic oxidation sites excluding steroid dienone is 2. The zero-order valence-corrected chi connectivity index (χ0v) is 17.5. The first-order valence-corrected chi connectivity index (χ1v) is 10.1. The van der Waals surface area contributed by atoms with Crippen LogP contribution < -0.4 is 0 Å². The molecule has 3 aliphatic rings. The molecular formula is C22H29N3O4. The van der Waals surface area contributed by atoms with Crippen molar-refractivity contribution < 1.29 is 19.1 Å². The average Bonchev–Trinajstić information content (AvgIpc) is 3.10. The highest BCUT2D eigenvalue weighted by atomic mass is 16.5. The van der Waals surface area contributed by atoms with Crippen molar-refractivity contribution in [2.45, 2.75) is 53.4 Å². The summed E-state index contributed by atoms with van der Waals surface area (Å²) in [5.41, 5.74) is 2.28. The minimum atomic E-state index is -0.326. The summed E-state index contributed by atoms with van der Waals surface area (Å²) in [6, 6.07) is 1.83. The van der Waals surface area contributed by atoms with Crippen molar-refractivity contribution in [3.8, 4) is 0 Å². The Morgan fingerprint density at radius 3 is 2.31 bits per heavy atom. The highest BCUT2D eigenvalue weighted by molar-refractivity contribution is 6.19. The van der Waals surface area contributed by atoms with E-state index in [1.807, 2.05) is 33.8 Å². The molecular weight excluding hydrogens is 370 g/mol. The van der Waals surface area contributed by atoms with Crippen molar-refractivity contribution >= 4 is 17.8 Å². The van der Waals surface area contributed by atoms with E-state index in [9.17, 15) is 14.4 Å². The van der Waals surface area contributed by atoms with Crippen molar-refractivity contribution in [3.05, 3.63) is 41.3 Å². The van der Waals surface area contributed by atoms with E-state index in [1.165, 1.54) is 5.57 Å². The molecule has 2 aliphatic carbocycles. The third-order valence-electron chi connectivity index (χ3n) is 5.89. The van der Waals surface area contributed by atoms with Gasteiger partial charge in [0.15, 0.2) is 6.73 Å². The summed E-state index contributed by atoms with van der Waals surface area (Å²) in [6.45, 7) is 7.83. The maximum atomic E-state index is 12.4. The third kappa shape index (κ3) is 4.33. The summed E-state index contributed by atoms with van der Waals surface area (Å²) in [5.74, 6) is -0.932. The number of rotatable bonds is 4. The number of hydrogen-bond donors (Lipinski definition) is 1. The lowest BCUT2D eigenvalue weighted by Gasteiger charge is -2.15. The van der Waals surface area contributed by atoms with Gasteiger partial charge >= 0.3 is 5.97 Å². The topological polar surface area (TPSA) is 92.4 Å². The van der Waals surface area contributed by atoms with Gasteiger partial charge in [-0.15, -0.1) is 0 Å². The number of nitrogens with one attached hydrogen (secondary N) is 1. The molecule has 1 fully saturated rings. The number of H-pyrrole nitrogens is 1. The average molecular weight is 399 g/mol. The van der Waals surface area contributed by atoms with Gasteiger partial charge in [-0.2, -0.15) is 5.10 Å². The van der Waals surface area contributed by atoms with Crippen LogP contribution in [0.25, 0.3) is 0 Å². The van der Waals surface area contributed by atoms with Crippen LogP contribution in [0.4, 0.5) is 0 Å². The molecule has 1 aromatic rings. The van der Waals surface area contributed by atoms with Crippen LogP contribution in [0.15, 0.2) is 41.3 Å². The minimum Gasteiger partial charge on any atom is -0.443 e. The Bertz CT molecular complexity index is 802. The highest BCUT2D eigenvalue weighted by Crippen LogP contribution is 2.59. The molecule has 0 spiro atoms. The normalized spacial score (nSPS) is 24.5. The molecule has 0 aromatic carbocycles. The van der Waals surface area contributed by atoms with Gasteiger partial charge < -0.3 is 4.74 Å². The molecule has 2 unspecified atom stereocenters. The van der Waals surface area contributed by atoms with Gasteiger partial charge in [-0.25, -0.2) is 4.90 Å². The fourth-order valence-corrected chi connectivity index (χ4v) is 4.14. The Hall–Kier alpha value is -2.70. The number of esters is 1. The van der Waals surface area contributed by atoms with Gasteiger partial charge in [0.1, 0.15) is 0 Å². The number of amides is 2. The van der Waals surface area contributed by atoms with Crippen molar-refractivity contribution in [2.24, 2.45) is 17.3 Å². The first-order valence-electron chi connectivity index (χ1n) is 10.1. The molecule has 1 saturated carbocycles. The molecule has 0 saturated heterocycles. The van der Waals surface area contributed by atoms with Gasteiger partial charge in [0.2, 0.25) is 0 Å². The number of carbonyl (C=O) groups is 3. The van der Waals surface area contributed by atoms with Gasteiger partial charge in [-0.05, 0) is 56.9 Å². The zero-order chi connectivity index (χ0) is 21.2. The van der Waals surface area contributed by atoms with E-state index in [-0.39, 0.29) is 41.8 Å². The van der Waals surface area contributed by atoms with Crippen molar-refractivity contribution in [2.75, 3.05) is 6.73 Å². The molecule has 1 N–H and O–H groups in total. The van der Waals surface area contributed by atoms with Crippen LogP contribution in [0.3, 0.4) is 0 Å². The molecule has 7 nitrogen and oxygen atoms in total. The van der Waals surface area contributed by atoms with Gasteiger partial charge in [0, 0.05) is 23.5 Å². The van der Waals surface area contributed by atoms with Crippen LogP contribution in [0.5, 0.6) is 0 Å². The molecule has 1 aromatic heterocycles. The minimum absolute atomic E-state index is 0.134. The molecule has 2 atom stereocenters. The quantitative estimate of drug-likeness (QED) is 0.476. The standard InChI is InChI=1S/C19H25NO4.C3H4N2/c1-11(2)9-14-15(19(14,3)4)18(23)24-10-20-16(21)12-7-5-6-8-13(12)17(20)22;1-2-4-5-3-1/h9,14-15H,5-8,10H2,1-4H3;1-3H,(H,4,5). The van der Waals surface area contributed by atoms with Crippen LogP contribution >= 0.6 is 0 Å². The summed E-state index contributed by atoms with van der Waals surface area (Å²) in [7, 11) is 0. The van der Waals surface area contributed by atoms with Crippen LogP contribution in [0.2, 0.25) is 0 Å². The predicted molar refractivity (Wildman–Crippen MR) is 107 cm³/mol. The third-order valence-corrected chi connectivity index (χ3v) is 5.89. The van der Waals surface area contributed by atoms with Crippen LogP contribution in [-0.2, 0) is 19.1 Å². The fourth-order valence-electron chi connectivity index (χ4n) is 4.14. The maximum absolute atomic E-state index is 12.4. The summed E-state index contributed by atoms with van der Waals surface area (Å²) in [5, 5.41) is 6.21. The summed E-state index contributed by atoms with van der Waals surface area (Å²) >= 11 is 0. The first kappa shape index (κ1) is 21.0. The van der Waals surface area contributed by atoms with E-state index in [0.717, 1.165) is 17.7 Å². The largest absolute Gasteiger partial charge is 0.443 e. The monoisotopic (exact) mass is 399 g/mol. The van der Waals surface area contributed by atoms with Crippen LogP contribution in [0, 0.1) is 17.3 Å². The molecule has 2 heterocycles. The Labute approximate surface area is 171 Å². The number of aromatic nitrogens is 2. The van der Waals surface area contributed by atoms with Crippen molar-refractivity contribution in [1.82, 2.24) is 15.1 Å². The number of imide groups is 1. The van der Waals surface area contributed by atoms with Crippen LogP contribution in [0.1, 0.15) is 53.4 Å². The van der Waals surface area contributed by atoms with Crippen molar-refractivity contribution in [1.29, 1.82) is 0 Å². The maximum Gasteiger partial charge on any atom is 0.311 e. The second kappa shape index (κ2) is 8.35. The van der Waals surface area contributed by atoms with E-state index < -0.39 is 0 Å². The molecule has 1 aliphatic heterocycles. The number of carbonyl (C=O) groups excluding carboxylic acids is 3. The van der Waals surface area contributed by atoms with E-state index >= 15 is 0 Å². The first-order chi connectivity index (χ1) is 13.7. The number of ether oxygens (including phenoxy) is 1. The zero-order valence-electron chi connectivity index (χ0n) is 17.5. The molecule has 4 rings (SSSR count). The van der Waals surface area contributed by atoms with Gasteiger partial charge in [-0.3, -0.25) is 19.5 Å². The molecule has 2 amide bonds. The molecule has 156 valence electrons. The Kier molecular flexibility index (Phi) is 6.05. The Morgan fingerprint density at radius 2 is 1.86 bits per heavy atom. The molecule has 29 heavy (non-hydrogen) atoms. The SMILES string of the molecule is CC(C)=CC1C(C(=O)OCN2C(=O)C3=C(CCCC3)C2=O)C1(C)C.c1cn[nH]c1. The second-order valence-electron chi connectivity index (χ2n) is 8.63. The summed E-state index contributed by atoms with van der Waals surface area (Å²) in [4.78, 5) is 38.1. The highest BCUT2D eigenvalue weighted by Gasteiger charge is 2.61. The lowest BCUT2D eigenvalue weighted by molar-refractivity contribution is -0.156. The van der Waals surface area contributed by atoms with E-state index in [0.29, 0.717) is 24.0 Å². The van der Waals surface area contributed by atoms with Crippen LogP contribution in [-0.4, -0.2) is 39.6 Å². The Balaban J connectivity index is 0.000000419. The molecule has 7 heteroatoms. The smallest absolute Gasteiger partial charge is 0.311 e. The van der Waals surface area contributed by atoms with E-state index in [4.69, 9.17) is 4.74 Å². The summed E-state index contributed by atoms with van der Waals surface area (Å²) < 4.78 is 5.33. The number of hydrogen-bond acceptors (Lipinski definition) is 5. The number of aromatic amines is 1. The number of nitrogens with zero attached hydrogens (tertiary/aromatic N) is 2. The molecule has 0 bridgehead atoms. The van der Waals surface area contributed by atoms with Gasteiger partial charge in [0.25, 0.3) is 11.8 Å². The molecule has 0 radical (unpaired) electrons. The van der Waals surface area contributed by atoms with Gasteiger partial charge in [0.05, 0.1) is 5.92 Å². The Morgan fingerprint density at radius 1 is 1.24 bits per heavy atom. The van der Waals surface area contributed by atoms with E-state index in [2.05, 4.69) is 16.3 Å². The van der Waals surface area contributed by atoms with Crippen molar-refractivity contribution in [3.63, 3.8) is 0 Å². The lowest BCUT2D eigenvalue weighted by Crippen LogP contribution is -2.35. The van der Waals surface area contributed by atoms with Gasteiger partial charge in [-0.1, -0.05) is 25.5 Å². The lowest BCUT2D eigenvalue weighted by atomic mass is 9.93. The summed E-state index contributed by atoms with van der Waals surface area (Å²) in [6.07, 6.45) is 8.74. The predicted octanol–water partition coefficient (Wildman–Crippen LogP) is 3.37. The fraction of sp³-hybridized carbons (Fsp3) is 0.545.